The van der Waals surface area contributed by atoms with Gasteiger partial charge in [0.2, 0.25) is 17.7 Å². The van der Waals surface area contributed by atoms with E-state index in [2.05, 4.69) is 15.3 Å². The van der Waals surface area contributed by atoms with Gasteiger partial charge in [0.15, 0.2) is 0 Å². The Hall–Kier alpha value is -2.05. The predicted octanol–water partition coefficient (Wildman–Crippen LogP) is 2.65. The molecule has 0 bridgehead atoms. The Labute approximate surface area is 136 Å². The van der Waals surface area contributed by atoms with Gasteiger partial charge in [-0.05, 0) is 18.6 Å². The molecule has 1 aliphatic rings. The Morgan fingerprint density at radius 1 is 1.32 bits per heavy atom. The molecule has 0 spiro atoms. The highest BCUT2D eigenvalue weighted by molar-refractivity contribution is 6.36. The molecule has 1 atom stereocenters. The number of benzene rings is 1. The SMILES string of the molecule is COc1nc(N)nc2c1CC(c1c(Cl)cccc1Cl)C(=O)N2. The second-order valence-corrected chi connectivity index (χ2v) is 5.61. The number of hydrogen-bond acceptors (Lipinski definition) is 5. The van der Waals surface area contributed by atoms with E-state index in [9.17, 15) is 4.79 Å². The lowest BCUT2D eigenvalue weighted by Gasteiger charge is -2.26. The van der Waals surface area contributed by atoms with Gasteiger partial charge in [-0.25, -0.2) is 0 Å². The van der Waals surface area contributed by atoms with E-state index in [1.165, 1.54) is 7.11 Å². The van der Waals surface area contributed by atoms with Gasteiger partial charge < -0.3 is 15.8 Å². The van der Waals surface area contributed by atoms with Crippen molar-refractivity contribution in [3.05, 3.63) is 39.4 Å². The van der Waals surface area contributed by atoms with Crippen molar-refractivity contribution in [2.24, 2.45) is 0 Å². The number of rotatable bonds is 2. The Morgan fingerprint density at radius 2 is 2.00 bits per heavy atom. The standard InChI is InChI=1S/C14H12Cl2N4O2/c1-22-13-7-5-6(10-8(15)3-2-4-9(10)16)12(21)18-11(7)19-14(17)20-13/h2-4,6H,5H2,1H3,(H3,17,18,19,20,21). The third kappa shape index (κ3) is 2.44. The highest BCUT2D eigenvalue weighted by Crippen LogP contribution is 2.40. The summed E-state index contributed by atoms with van der Waals surface area (Å²) < 4.78 is 5.22. The van der Waals surface area contributed by atoms with Gasteiger partial charge in [0.05, 0.1) is 18.6 Å². The summed E-state index contributed by atoms with van der Waals surface area (Å²) in [6, 6.07) is 5.12. The highest BCUT2D eigenvalue weighted by atomic mass is 35.5. The molecule has 3 N–H and O–H groups in total. The van der Waals surface area contributed by atoms with Crippen molar-refractivity contribution < 1.29 is 9.53 Å². The molecule has 2 heterocycles. The minimum absolute atomic E-state index is 0.0325. The average Bonchev–Trinajstić information content (AvgIpc) is 2.46. The number of fused-ring (bicyclic) bond motifs is 1. The molecule has 1 aromatic carbocycles. The van der Waals surface area contributed by atoms with Crippen LogP contribution in [0.15, 0.2) is 18.2 Å². The lowest BCUT2D eigenvalue weighted by molar-refractivity contribution is -0.117. The maximum absolute atomic E-state index is 12.4. The van der Waals surface area contributed by atoms with Gasteiger partial charge >= 0.3 is 0 Å². The Kier molecular flexibility index (Phi) is 3.80. The van der Waals surface area contributed by atoms with Crippen molar-refractivity contribution in [2.75, 3.05) is 18.2 Å². The van der Waals surface area contributed by atoms with Crippen LogP contribution >= 0.6 is 23.2 Å². The Balaban J connectivity index is 2.10. The zero-order valence-electron chi connectivity index (χ0n) is 11.6. The largest absolute Gasteiger partial charge is 0.481 e. The van der Waals surface area contributed by atoms with Crippen LogP contribution < -0.4 is 15.8 Å². The van der Waals surface area contributed by atoms with Crippen LogP contribution in [0.2, 0.25) is 10.0 Å². The molecule has 1 aliphatic heterocycles. The fourth-order valence-corrected chi connectivity index (χ4v) is 3.17. The molecular formula is C14H12Cl2N4O2. The molecule has 1 aromatic heterocycles. The molecule has 0 aliphatic carbocycles. The van der Waals surface area contributed by atoms with Crippen molar-refractivity contribution in [3.8, 4) is 5.88 Å². The third-order valence-corrected chi connectivity index (χ3v) is 4.15. The molecular weight excluding hydrogens is 327 g/mol. The monoisotopic (exact) mass is 338 g/mol. The normalized spacial score (nSPS) is 16.9. The van der Waals surface area contributed by atoms with Crippen molar-refractivity contribution in [2.45, 2.75) is 12.3 Å². The van der Waals surface area contributed by atoms with Crippen LogP contribution in [0, 0.1) is 0 Å². The number of ether oxygens (including phenoxy) is 1. The summed E-state index contributed by atoms with van der Waals surface area (Å²) in [5.74, 6) is -0.0768. The molecule has 0 fully saturated rings. The number of methoxy groups -OCH3 is 1. The smallest absolute Gasteiger partial charge is 0.233 e. The number of aromatic nitrogens is 2. The van der Waals surface area contributed by atoms with E-state index in [0.29, 0.717) is 39.3 Å². The van der Waals surface area contributed by atoms with Crippen LogP contribution in [0.3, 0.4) is 0 Å². The summed E-state index contributed by atoms with van der Waals surface area (Å²) >= 11 is 12.4. The first-order valence-electron chi connectivity index (χ1n) is 6.46. The Morgan fingerprint density at radius 3 is 2.64 bits per heavy atom. The number of hydrogen-bond donors (Lipinski definition) is 2. The van der Waals surface area contributed by atoms with E-state index in [0.717, 1.165) is 0 Å². The summed E-state index contributed by atoms with van der Waals surface area (Å²) in [4.78, 5) is 20.5. The number of nitrogens with one attached hydrogen (secondary N) is 1. The maximum atomic E-state index is 12.4. The first-order valence-corrected chi connectivity index (χ1v) is 7.22. The number of amides is 1. The van der Waals surface area contributed by atoms with Crippen molar-refractivity contribution >= 4 is 40.9 Å². The molecule has 0 saturated heterocycles. The predicted molar refractivity (Wildman–Crippen MR) is 84.5 cm³/mol. The van der Waals surface area contributed by atoms with Gasteiger partial charge in [-0.15, -0.1) is 0 Å². The van der Waals surface area contributed by atoms with Crippen LogP contribution in [0.5, 0.6) is 5.88 Å². The van der Waals surface area contributed by atoms with Gasteiger partial charge in [0, 0.05) is 15.6 Å². The number of nitrogens with two attached hydrogens (primary N) is 1. The second kappa shape index (κ2) is 5.62. The van der Waals surface area contributed by atoms with Crippen molar-refractivity contribution in [1.82, 2.24) is 9.97 Å². The maximum Gasteiger partial charge on any atom is 0.233 e. The summed E-state index contributed by atoms with van der Waals surface area (Å²) in [5, 5.41) is 3.58. The molecule has 8 heteroatoms. The molecule has 0 saturated carbocycles. The molecule has 1 unspecified atom stereocenters. The summed E-state index contributed by atoms with van der Waals surface area (Å²) in [7, 11) is 1.48. The number of carbonyl (C=O) groups excluding carboxylic acids is 1. The number of nitrogens with zero attached hydrogens (tertiary/aromatic N) is 2. The lowest BCUT2D eigenvalue weighted by Crippen LogP contribution is -2.30. The highest BCUT2D eigenvalue weighted by Gasteiger charge is 2.34. The van der Waals surface area contributed by atoms with E-state index in [4.69, 9.17) is 33.7 Å². The van der Waals surface area contributed by atoms with Crippen LogP contribution in [-0.4, -0.2) is 23.0 Å². The first kappa shape index (κ1) is 14.9. The van der Waals surface area contributed by atoms with Crippen molar-refractivity contribution in [3.63, 3.8) is 0 Å². The third-order valence-electron chi connectivity index (χ3n) is 3.49. The van der Waals surface area contributed by atoms with E-state index in [1.807, 2.05) is 0 Å². The van der Waals surface area contributed by atoms with Gasteiger partial charge in [0.25, 0.3) is 0 Å². The van der Waals surface area contributed by atoms with Gasteiger partial charge in [0.1, 0.15) is 5.82 Å². The van der Waals surface area contributed by atoms with Crippen LogP contribution in [0.4, 0.5) is 11.8 Å². The first-order chi connectivity index (χ1) is 10.5. The van der Waals surface area contributed by atoms with Crippen LogP contribution in [0.1, 0.15) is 17.0 Å². The molecule has 22 heavy (non-hydrogen) atoms. The molecule has 0 radical (unpaired) electrons. The van der Waals surface area contributed by atoms with Crippen LogP contribution in [-0.2, 0) is 11.2 Å². The Bertz CT molecular complexity index is 746. The minimum atomic E-state index is -0.546. The zero-order chi connectivity index (χ0) is 15.9. The van der Waals surface area contributed by atoms with Crippen molar-refractivity contribution in [1.29, 1.82) is 0 Å². The van der Waals surface area contributed by atoms with E-state index < -0.39 is 5.92 Å². The number of halogens is 2. The molecule has 2 aromatic rings. The van der Waals surface area contributed by atoms with E-state index in [1.54, 1.807) is 18.2 Å². The fourth-order valence-electron chi connectivity index (χ4n) is 2.51. The minimum Gasteiger partial charge on any atom is -0.481 e. The fraction of sp³-hybridized carbons (Fsp3) is 0.214. The summed E-state index contributed by atoms with van der Waals surface area (Å²) in [6.07, 6.45) is 0.327. The molecule has 1 amide bonds. The van der Waals surface area contributed by atoms with Crippen LogP contribution in [0.25, 0.3) is 0 Å². The summed E-state index contributed by atoms with van der Waals surface area (Å²) in [5.41, 5.74) is 6.84. The number of nitrogen functional groups attached to an aromatic ring is 1. The van der Waals surface area contributed by atoms with Gasteiger partial charge in [-0.1, -0.05) is 29.3 Å². The van der Waals surface area contributed by atoms with Gasteiger partial charge in [-0.2, -0.15) is 9.97 Å². The molecule has 114 valence electrons. The van der Waals surface area contributed by atoms with E-state index >= 15 is 0 Å². The quantitative estimate of drug-likeness (QED) is 0.878. The summed E-state index contributed by atoms with van der Waals surface area (Å²) in [6.45, 7) is 0. The number of carbonyl (C=O) groups is 1. The second-order valence-electron chi connectivity index (χ2n) is 4.80. The molecule has 3 rings (SSSR count). The average molecular weight is 339 g/mol. The molecule has 6 nitrogen and oxygen atoms in total. The zero-order valence-corrected chi connectivity index (χ0v) is 13.1. The van der Waals surface area contributed by atoms with Gasteiger partial charge in [-0.3, -0.25) is 4.79 Å². The van der Waals surface area contributed by atoms with E-state index in [-0.39, 0.29) is 11.9 Å². The topological polar surface area (TPSA) is 90.1 Å². The lowest BCUT2D eigenvalue weighted by atomic mass is 9.89. The number of anilines is 2.